The largest absolute Gasteiger partial charge is 0.399 e. The van der Waals surface area contributed by atoms with Crippen molar-refractivity contribution in [1.29, 1.82) is 0 Å². The molecule has 0 saturated carbocycles. The van der Waals surface area contributed by atoms with Crippen molar-refractivity contribution in [3.05, 3.63) is 18.2 Å². The zero-order valence-corrected chi connectivity index (χ0v) is 10.3. The number of hydrogen-bond donors (Lipinski definition) is 2. The van der Waals surface area contributed by atoms with E-state index >= 15 is 0 Å². The third-order valence-electron chi connectivity index (χ3n) is 2.40. The fourth-order valence-electron chi connectivity index (χ4n) is 1.57. The minimum atomic E-state index is -0.356. The van der Waals surface area contributed by atoms with Crippen LogP contribution in [-0.4, -0.2) is 24.0 Å². The molecule has 1 amide bonds. The highest BCUT2D eigenvalue weighted by molar-refractivity contribution is 7.22. The van der Waals surface area contributed by atoms with Crippen LogP contribution in [0.3, 0.4) is 0 Å². The van der Waals surface area contributed by atoms with Crippen LogP contribution in [0.15, 0.2) is 18.2 Å². The van der Waals surface area contributed by atoms with E-state index in [1.165, 1.54) is 11.3 Å². The van der Waals surface area contributed by atoms with Gasteiger partial charge in [-0.2, -0.15) is 0 Å². The Morgan fingerprint density at radius 2 is 2.29 bits per heavy atom. The second kappa shape index (κ2) is 4.58. The molecule has 2 rings (SSSR count). The summed E-state index contributed by atoms with van der Waals surface area (Å²) in [6.07, 6.45) is 0. The fraction of sp³-hybridized carbons (Fsp3) is 0.273. The predicted molar refractivity (Wildman–Crippen MR) is 71.1 cm³/mol. The van der Waals surface area contributed by atoms with Gasteiger partial charge in [-0.3, -0.25) is 4.79 Å². The number of aromatic nitrogens is 1. The van der Waals surface area contributed by atoms with Crippen molar-refractivity contribution >= 4 is 38.3 Å². The fourth-order valence-corrected chi connectivity index (χ4v) is 2.64. The van der Waals surface area contributed by atoms with Gasteiger partial charge in [0.15, 0.2) is 5.13 Å². The van der Waals surface area contributed by atoms with Gasteiger partial charge in [0.25, 0.3) is 0 Å². The van der Waals surface area contributed by atoms with Gasteiger partial charge >= 0.3 is 0 Å². The first kappa shape index (κ1) is 11.7. The van der Waals surface area contributed by atoms with Gasteiger partial charge in [0, 0.05) is 12.2 Å². The summed E-state index contributed by atoms with van der Waals surface area (Å²) in [6, 6.07) is 5.58. The van der Waals surface area contributed by atoms with Gasteiger partial charge in [0.05, 0.1) is 16.8 Å². The van der Waals surface area contributed by atoms with E-state index in [0.29, 0.717) is 12.2 Å². The summed E-state index contributed by atoms with van der Waals surface area (Å²) < 4.78 is 1.02. The Kier molecular flexibility index (Phi) is 3.14. The average Bonchev–Trinajstić information content (AvgIpc) is 2.68. The minimum absolute atomic E-state index is 0.186. The summed E-state index contributed by atoms with van der Waals surface area (Å²) in [5.41, 5.74) is 12.5. The Bertz CT molecular complexity index is 551. The minimum Gasteiger partial charge on any atom is -0.399 e. The van der Waals surface area contributed by atoms with Gasteiger partial charge in [-0.15, -0.1) is 0 Å². The number of rotatable bonds is 4. The van der Waals surface area contributed by atoms with E-state index in [1.54, 1.807) is 0 Å². The van der Waals surface area contributed by atoms with Gasteiger partial charge in [-0.25, -0.2) is 4.98 Å². The Balaban J connectivity index is 2.37. The molecule has 1 aromatic carbocycles. The standard InChI is InChI=1S/C11H14N4OS/c1-2-15(6-10(13)16)11-14-8-4-3-7(12)5-9(8)17-11/h3-5H,2,6,12H2,1H3,(H2,13,16). The summed E-state index contributed by atoms with van der Waals surface area (Å²) in [5, 5.41) is 0.798. The van der Waals surface area contributed by atoms with Gasteiger partial charge in [-0.1, -0.05) is 11.3 Å². The Labute approximate surface area is 103 Å². The van der Waals surface area contributed by atoms with E-state index < -0.39 is 0 Å². The van der Waals surface area contributed by atoms with Crippen LogP contribution in [0.4, 0.5) is 10.8 Å². The number of anilines is 2. The summed E-state index contributed by atoms with van der Waals surface area (Å²) in [7, 11) is 0. The predicted octanol–water partition coefficient (Wildman–Crippen LogP) is 1.19. The number of nitrogens with zero attached hydrogens (tertiary/aromatic N) is 2. The van der Waals surface area contributed by atoms with Crippen molar-refractivity contribution in [3.8, 4) is 0 Å². The van der Waals surface area contributed by atoms with Gasteiger partial charge in [-0.05, 0) is 25.1 Å². The zero-order valence-electron chi connectivity index (χ0n) is 9.51. The number of hydrogen-bond acceptors (Lipinski definition) is 5. The zero-order chi connectivity index (χ0) is 12.4. The molecule has 0 aliphatic heterocycles. The quantitative estimate of drug-likeness (QED) is 0.798. The molecule has 0 atom stereocenters. The molecule has 0 saturated heterocycles. The molecular weight excluding hydrogens is 236 g/mol. The van der Waals surface area contributed by atoms with Gasteiger partial charge in [0.2, 0.25) is 5.91 Å². The van der Waals surface area contributed by atoms with Crippen molar-refractivity contribution < 1.29 is 4.79 Å². The van der Waals surface area contributed by atoms with Crippen LogP contribution >= 0.6 is 11.3 Å². The van der Waals surface area contributed by atoms with E-state index in [0.717, 1.165) is 15.3 Å². The molecule has 0 aliphatic rings. The van der Waals surface area contributed by atoms with Crippen molar-refractivity contribution in [2.24, 2.45) is 5.73 Å². The average molecular weight is 250 g/mol. The van der Waals surface area contributed by atoms with Crippen LogP contribution in [0.25, 0.3) is 10.2 Å². The van der Waals surface area contributed by atoms with Crippen molar-refractivity contribution in [2.75, 3.05) is 23.7 Å². The highest BCUT2D eigenvalue weighted by Gasteiger charge is 2.12. The summed E-state index contributed by atoms with van der Waals surface area (Å²) >= 11 is 1.51. The van der Waals surface area contributed by atoms with Crippen LogP contribution in [0.5, 0.6) is 0 Å². The van der Waals surface area contributed by atoms with Crippen molar-refractivity contribution in [1.82, 2.24) is 4.98 Å². The molecule has 1 heterocycles. The first-order valence-corrected chi connectivity index (χ1v) is 6.11. The number of amides is 1. The summed E-state index contributed by atoms with van der Waals surface area (Å²) in [4.78, 5) is 17.3. The second-order valence-corrected chi connectivity index (χ2v) is 4.71. The number of nitrogen functional groups attached to an aromatic ring is 1. The lowest BCUT2D eigenvalue weighted by atomic mass is 10.3. The second-order valence-electron chi connectivity index (χ2n) is 3.70. The highest BCUT2D eigenvalue weighted by atomic mass is 32.1. The van der Waals surface area contributed by atoms with E-state index in [4.69, 9.17) is 11.5 Å². The normalized spacial score (nSPS) is 10.6. The summed E-state index contributed by atoms with van der Waals surface area (Å²) in [5.74, 6) is -0.356. The third kappa shape index (κ3) is 2.47. The number of thiazole rings is 1. The molecule has 0 unspecified atom stereocenters. The number of benzene rings is 1. The van der Waals surface area contributed by atoms with E-state index in [-0.39, 0.29) is 12.5 Å². The molecule has 0 aliphatic carbocycles. The van der Waals surface area contributed by atoms with Crippen LogP contribution < -0.4 is 16.4 Å². The molecule has 0 spiro atoms. The van der Waals surface area contributed by atoms with Crippen molar-refractivity contribution in [2.45, 2.75) is 6.92 Å². The number of likely N-dealkylation sites (N-methyl/N-ethyl adjacent to an activating group) is 1. The highest BCUT2D eigenvalue weighted by Crippen LogP contribution is 2.29. The van der Waals surface area contributed by atoms with E-state index in [1.807, 2.05) is 30.0 Å². The maximum atomic E-state index is 10.9. The first-order chi connectivity index (χ1) is 8.10. The molecule has 6 heteroatoms. The lowest BCUT2D eigenvalue weighted by Gasteiger charge is -2.16. The van der Waals surface area contributed by atoms with Gasteiger partial charge in [0.1, 0.15) is 0 Å². The lowest BCUT2D eigenvalue weighted by molar-refractivity contribution is -0.116. The molecule has 0 bridgehead atoms. The monoisotopic (exact) mass is 250 g/mol. The van der Waals surface area contributed by atoms with Gasteiger partial charge < -0.3 is 16.4 Å². The molecule has 90 valence electrons. The number of carbonyl (C=O) groups is 1. The molecule has 0 radical (unpaired) electrons. The lowest BCUT2D eigenvalue weighted by Crippen LogP contribution is -2.33. The Morgan fingerprint density at radius 1 is 1.53 bits per heavy atom. The van der Waals surface area contributed by atoms with E-state index in [2.05, 4.69) is 4.98 Å². The van der Waals surface area contributed by atoms with Crippen LogP contribution in [0, 0.1) is 0 Å². The number of primary amides is 1. The molecule has 0 fully saturated rings. The molecule has 17 heavy (non-hydrogen) atoms. The molecule has 2 aromatic rings. The number of fused-ring (bicyclic) bond motifs is 1. The maximum Gasteiger partial charge on any atom is 0.237 e. The van der Waals surface area contributed by atoms with Crippen LogP contribution in [0.2, 0.25) is 0 Å². The number of carbonyl (C=O) groups excluding carboxylic acids is 1. The maximum absolute atomic E-state index is 10.9. The smallest absolute Gasteiger partial charge is 0.237 e. The van der Waals surface area contributed by atoms with Crippen LogP contribution in [0.1, 0.15) is 6.92 Å². The third-order valence-corrected chi connectivity index (χ3v) is 3.48. The first-order valence-electron chi connectivity index (χ1n) is 5.29. The SMILES string of the molecule is CCN(CC(N)=O)c1nc2ccc(N)cc2s1. The molecule has 5 nitrogen and oxygen atoms in total. The topological polar surface area (TPSA) is 85.2 Å². The molecule has 4 N–H and O–H groups in total. The molecule has 1 aromatic heterocycles. The Morgan fingerprint density at radius 3 is 2.94 bits per heavy atom. The van der Waals surface area contributed by atoms with Crippen LogP contribution in [-0.2, 0) is 4.79 Å². The van der Waals surface area contributed by atoms with E-state index in [9.17, 15) is 4.79 Å². The Hall–Kier alpha value is -1.82. The number of nitrogens with two attached hydrogens (primary N) is 2. The molecular formula is C11H14N4OS. The van der Waals surface area contributed by atoms with Crippen molar-refractivity contribution in [3.63, 3.8) is 0 Å². The summed E-state index contributed by atoms with van der Waals surface area (Å²) in [6.45, 7) is 2.84.